The second kappa shape index (κ2) is 10.4. The van der Waals surface area contributed by atoms with Gasteiger partial charge in [-0.2, -0.15) is 0 Å². The Balaban J connectivity index is 1.48. The molecule has 0 N–H and O–H groups in total. The van der Waals surface area contributed by atoms with Crippen LogP contribution in [0, 0.1) is 23.7 Å². The molecule has 4 atom stereocenters. The van der Waals surface area contributed by atoms with Gasteiger partial charge in [-0.15, -0.1) is 0 Å². The number of ether oxygens (including phenoxy) is 2. The van der Waals surface area contributed by atoms with Crippen LogP contribution < -0.4 is 9.47 Å². The SMILES string of the molecule is CC(C)(Br)C(=O)Oc1ccc(C(=O)[C@H]2[C@@H]3CCC[C@@H]3[C@@H]2C(=O)c2ccc(OC(=O)C(C)(C)Br)cc2)cc1. The van der Waals surface area contributed by atoms with Gasteiger partial charge in [-0.1, -0.05) is 38.3 Å². The number of carbonyl (C=O) groups is 4. The van der Waals surface area contributed by atoms with Crippen LogP contribution in [0.4, 0.5) is 0 Å². The van der Waals surface area contributed by atoms with Gasteiger partial charge in [0.15, 0.2) is 11.6 Å². The molecule has 0 saturated heterocycles. The third-order valence-corrected chi connectivity index (χ3v) is 7.86. The first-order valence-corrected chi connectivity index (χ1v) is 14.0. The predicted molar refractivity (Wildman–Crippen MR) is 147 cm³/mol. The summed E-state index contributed by atoms with van der Waals surface area (Å²) in [5.41, 5.74) is 1.01. The highest BCUT2D eigenvalue weighted by molar-refractivity contribution is 9.10. The molecule has 0 aromatic heterocycles. The highest BCUT2D eigenvalue weighted by Gasteiger charge is 2.58. The van der Waals surface area contributed by atoms with Crippen LogP contribution >= 0.6 is 31.9 Å². The van der Waals surface area contributed by atoms with Crippen LogP contribution in [0.5, 0.6) is 11.5 Å². The van der Waals surface area contributed by atoms with Gasteiger partial charge in [0, 0.05) is 23.0 Å². The van der Waals surface area contributed by atoms with Crippen molar-refractivity contribution in [2.45, 2.75) is 55.6 Å². The Morgan fingerprint density at radius 1 is 0.649 bits per heavy atom. The lowest BCUT2D eigenvalue weighted by Crippen LogP contribution is -2.51. The molecule has 0 heterocycles. The smallest absolute Gasteiger partial charge is 0.327 e. The van der Waals surface area contributed by atoms with Crippen molar-refractivity contribution in [2.75, 3.05) is 0 Å². The summed E-state index contributed by atoms with van der Waals surface area (Å²) in [6.45, 7) is 6.79. The molecule has 0 aliphatic heterocycles. The Bertz CT molecular complexity index is 1110. The van der Waals surface area contributed by atoms with Crippen LogP contribution in [0.2, 0.25) is 0 Å². The van der Waals surface area contributed by atoms with Crippen LogP contribution in [-0.4, -0.2) is 32.2 Å². The van der Waals surface area contributed by atoms with Gasteiger partial charge in [0.25, 0.3) is 0 Å². The van der Waals surface area contributed by atoms with Crippen molar-refractivity contribution in [2.24, 2.45) is 23.7 Å². The highest BCUT2D eigenvalue weighted by atomic mass is 79.9. The van der Waals surface area contributed by atoms with Crippen molar-refractivity contribution in [3.63, 3.8) is 0 Å². The van der Waals surface area contributed by atoms with E-state index in [-0.39, 0.29) is 35.2 Å². The normalized spacial score (nSPS) is 23.0. The lowest BCUT2D eigenvalue weighted by atomic mass is 9.54. The monoisotopic (exact) mass is 632 g/mol. The number of fused-ring (bicyclic) bond motifs is 1. The molecule has 4 rings (SSSR count). The summed E-state index contributed by atoms with van der Waals surface area (Å²) in [7, 11) is 0. The van der Waals surface area contributed by atoms with Crippen molar-refractivity contribution in [1.82, 2.24) is 0 Å². The topological polar surface area (TPSA) is 86.7 Å². The number of alkyl halides is 2. The maximum absolute atomic E-state index is 13.5. The van der Waals surface area contributed by atoms with Crippen LogP contribution in [0.25, 0.3) is 0 Å². The Kier molecular flexibility index (Phi) is 7.82. The average molecular weight is 634 g/mol. The van der Waals surface area contributed by atoms with Crippen molar-refractivity contribution in [1.29, 1.82) is 0 Å². The first kappa shape index (κ1) is 27.7. The molecular weight excluding hydrogens is 604 g/mol. The van der Waals surface area contributed by atoms with Gasteiger partial charge in [0.1, 0.15) is 20.1 Å². The fourth-order valence-electron chi connectivity index (χ4n) is 5.23. The van der Waals surface area contributed by atoms with Crippen LogP contribution in [0.1, 0.15) is 67.7 Å². The lowest BCUT2D eigenvalue weighted by Gasteiger charge is -2.47. The Labute approximate surface area is 233 Å². The summed E-state index contributed by atoms with van der Waals surface area (Å²) in [6, 6.07) is 13.1. The van der Waals surface area contributed by atoms with E-state index < -0.39 is 20.6 Å². The zero-order valence-electron chi connectivity index (χ0n) is 21.3. The minimum atomic E-state index is -0.817. The van der Waals surface area contributed by atoms with E-state index in [1.54, 1.807) is 76.2 Å². The number of rotatable bonds is 8. The van der Waals surface area contributed by atoms with E-state index in [0.717, 1.165) is 19.3 Å². The first-order chi connectivity index (χ1) is 17.3. The average Bonchev–Trinajstić information content (AvgIpc) is 3.21. The molecule has 6 nitrogen and oxygen atoms in total. The molecule has 0 bridgehead atoms. The molecule has 0 amide bonds. The van der Waals surface area contributed by atoms with Gasteiger partial charge >= 0.3 is 11.9 Å². The van der Waals surface area contributed by atoms with E-state index in [4.69, 9.17) is 9.47 Å². The highest BCUT2D eigenvalue weighted by Crippen LogP contribution is 2.57. The molecule has 0 radical (unpaired) electrons. The van der Waals surface area contributed by atoms with Gasteiger partial charge in [0.2, 0.25) is 0 Å². The summed E-state index contributed by atoms with van der Waals surface area (Å²) in [5, 5.41) is 0. The maximum Gasteiger partial charge on any atom is 0.327 e. The zero-order valence-corrected chi connectivity index (χ0v) is 24.4. The van der Waals surface area contributed by atoms with Crippen molar-refractivity contribution in [3.8, 4) is 11.5 Å². The van der Waals surface area contributed by atoms with Gasteiger partial charge in [0.05, 0.1) is 0 Å². The number of Topliss-reactive ketones (excluding diaryl/α,β-unsaturated/α-hetero) is 2. The van der Waals surface area contributed by atoms with Gasteiger partial charge in [-0.05, 0) is 101 Å². The fraction of sp³-hybridized carbons (Fsp3) is 0.448. The molecule has 2 aromatic rings. The molecule has 2 fully saturated rings. The number of carbonyl (C=O) groups excluding carboxylic acids is 4. The molecule has 2 aliphatic rings. The summed E-state index contributed by atoms with van der Waals surface area (Å²) in [6.07, 6.45) is 2.90. The van der Waals surface area contributed by atoms with Crippen molar-refractivity contribution >= 4 is 55.4 Å². The van der Waals surface area contributed by atoms with E-state index in [1.807, 2.05) is 0 Å². The Morgan fingerprint density at radius 2 is 0.973 bits per heavy atom. The third kappa shape index (κ3) is 5.90. The number of hydrogen-bond acceptors (Lipinski definition) is 6. The number of benzene rings is 2. The van der Waals surface area contributed by atoms with Crippen LogP contribution in [-0.2, 0) is 9.59 Å². The third-order valence-electron chi connectivity index (χ3n) is 7.21. The van der Waals surface area contributed by atoms with E-state index in [2.05, 4.69) is 31.9 Å². The molecule has 196 valence electrons. The van der Waals surface area contributed by atoms with Gasteiger partial charge in [-0.3, -0.25) is 19.2 Å². The number of halogens is 2. The largest absolute Gasteiger partial charge is 0.426 e. The molecule has 2 aliphatic carbocycles. The van der Waals surface area contributed by atoms with E-state index >= 15 is 0 Å². The molecule has 0 unspecified atom stereocenters. The van der Waals surface area contributed by atoms with E-state index in [9.17, 15) is 19.2 Å². The van der Waals surface area contributed by atoms with Crippen LogP contribution in [0.15, 0.2) is 48.5 Å². The minimum absolute atomic E-state index is 0.0506. The zero-order chi connectivity index (χ0) is 27.1. The number of esters is 2. The first-order valence-electron chi connectivity index (χ1n) is 12.4. The van der Waals surface area contributed by atoms with E-state index in [1.165, 1.54) is 0 Å². The predicted octanol–water partition coefficient (Wildman–Crippen LogP) is 6.57. The molecule has 8 heteroatoms. The summed E-state index contributed by atoms with van der Waals surface area (Å²) in [5.74, 6) is -0.581. The second-order valence-corrected chi connectivity index (χ2v) is 14.8. The molecule has 2 aromatic carbocycles. The fourth-order valence-corrected chi connectivity index (χ4v) is 5.39. The van der Waals surface area contributed by atoms with Gasteiger partial charge in [-0.25, -0.2) is 0 Å². The Morgan fingerprint density at radius 3 is 1.27 bits per heavy atom. The second-order valence-electron chi connectivity index (χ2n) is 10.8. The van der Waals surface area contributed by atoms with Crippen LogP contribution in [0.3, 0.4) is 0 Å². The lowest BCUT2D eigenvalue weighted by molar-refractivity contribution is -0.136. The standard InChI is InChI=1S/C29H30Br2O6/c1-28(2,30)26(34)36-18-12-8-16(9-13-18)24(32)22-20-6-5-7-21(20)23(22)25(33)17-10-14-19(15-11-17)37-27(35)29(3,4)31/h8-15,20-23H,5-7H2,1-4H3/t20-,21+,22-,23-/m0/s1. The summed E-state index contributed by atoms with van der Waals surface area (Å²) < 4.78 is 9.10. The quantitative estimate of drug-likeness (QED) is 0.141. The van der Waals surface area contributed by atoms with Crippen molar-refractivity contribution in [3.05, 3.63) is 59.7 Å². The minimum Gasteiger partial charge on any atom is -0.426 e. The molecule has 2 saturated carbocycles. The van der Waals surface area contributed by atoms with Crippen molar-refractivity contribution < 1.29 is 28.7 Å². The summed E-state index contributed by atoms with van der Waals surface area (Å²) >= 11 is 6.56. The molecular formula is C29H30Br2O6. The maximum atomic E-state index is 13.5. The summed E-state index contributed by atoms with van der Waals surface area (Å²) in [4.78, 5) is 51.3. The van der Waals surface area contributed by atoms with E-state index in [0.29, 0.717) is 22.6 Å². The molecule has 0 spiro atoms. The Hall–Kier alpha value is -2.32. The number of ketones is 2. The molecule has 37 heavy (non-hydrogen) atoms. The number of hydrogen-bond donors (Lipinski definition) is 0. The van der Waals surface area contributed by atoms with Gasteiger partial charge < -0.3 is 9.47 Å².